The van der Waals surface area contributed by atoms with Gasteiger partial charge in [-0.25, -0.2) is 9.37 Å². The van der Waals surface area contributed by atoms with E-state index in [9.17, 15) is 9.18 Å². The maximum absolute atomic E-state index is 13.7. The monoisotopic (exact) mass is 369 g/mol. The van der Waals surface area contributed by atoms with E-state index in [1.54, 1.807) is 31.4 Å². The van der Waals surface area contributed by atoms with Gasteiger partial charge in [-0.3, -0.25) is 9.36 Å². The van der Waals surface area contributed by atoms with E-state index < -0.39 is 0 Å². The molecule has 0 unspecified atom stereocenters. The zero-order valence-electron chi connectivity index (χ0n) is 14.7. The van der Waals surface area contributed by atoms with Gasteiger partial charge in [0.1, 0.15) is 5.82 Å². The maximum Gasteiger partial charge on any atom is 0.233 e. The predicted molar refractivity (Wildman–Crippen MR) is 102 cm³/mol. The second kappa shape index (κ2) is 8.19. The molecule has 1 amide bonds. The normalized spacial score (nSPS) is 10.7. The van der Waals surface area contributed by atoms with Crippen molar-refractivity contribution in [1.29, 1.82) is 0 Å². The third-order valence-corrected chi connectivity index (χ3v) is 4.95. The van der Waals surface area contributed by atoms with Crippen molar-refractivity contribution >= 4 is 17.7 Å². The van der Waals surface area contributed by atoms with E-state index in [-0.39, 0.29) is 24.0 Å². The minimum atomic E-state index is -0.296. The predicted octanol–water partition coefficient (Wildman–Crippen LogP) is 4.07. The number of thioether (sulfide) groups is 1. The molecule has 3 rings (SSSR count). The Morgan fingerprint density at radius 3 is 2.81 bits per heavy atom. The van der Waals surface area contributed by atoms with Crippen LogP contribution in [0, 0.1) is 12.7 Å². The SMILES string of the molecule is Cc1cccc(-n2ccnc2SCC(=O)N(C)Cc2ccccc2F)c1. The van der Waals surface area contributed by atoms with Gasteiger partial charge < -0.3 is 4.90 Å². The van der Waals surface area contributed by atoms with Crippen molar-refractivity contribution in [2.45, 2.75) is 18.6 Å². The Bertz CT molecular complexity index is 909. The van der Waals surface area contributed by atoms with Gasteiger partial charge in [0.15, 0.2) is 5.16 Å². The van der Waals surface area contributed by atoms with E-state index in [4.69, 9.17) is 0 Å². The average Bonchev–Trinajstić information content (AvgIpc) is 3.10. The highest BCUT2D eigenvalue weighted by molar-refractivity contribution is 7.99. The van der Waals surface area contributed by atoms with Crippen molar-refractivity contribution in [2.24, 2.45) is 0 Å². The number of hydrogen-bond donors (Lipinski definition) is 0. The first-order valence-electron chi connectivity index (χ1n) is 8.25. The lowest BCUT2D eigenvalue weighted by Crippen LogP contribution is -2.28. The van der Waals surface area contributed by atoms with Gasteiger partial charge in [0.05, 0.1) is 5.75 Å². The van der Waals surface area contributed by atoms with Gasteiger partial charge in [-0.1, -0.05) is 42.1 Å². The minimum absolute atomic E-state index is 0.0722. The highest BCUT2D eigenvalue weighted by Gasteiger charge is 2.14. The summed E-state index contributed by atoms with van der Waals surface area (Å²) >= 11 is 1.37. The number of aromatic nitrogens is 2. The van der Waals surface area contributed by atoms with Crippen LogP contribution >= 0.6 is 11.8 Å². The Morgan fingerprint density at radius 2 is 2.04 bits per heavy atom. The first-order valence-corrected chi connectivity index (χ1v) is 9.23. The molecule has 1 aromatic heterocycles. The maximum atomic E-state index is 13.7. The van der Waals surface area contributed by atoms with Crippen molar-refractivity contribution in [3.8, 4) is 5.69 Å². The number of nitrogens with zero attached hydrogens (tertiary/aromatic N) is 3. The molecule has 0 bridgehead atoms. The smallest absolute Gasteiger partial charge is 0.233 e. The lowest BCUT2D eigenvalue weighted by molar-refractivity contribution is -0.127. The number of halogens is 1. The van der Waals surface area contributed by atoms with Gasteiger partial charge >= 0.3 is 0 Å². The van der Waals surface area contributed by atoms with Crippen LogP contribution in [0.2, 0.25) is 0 Å². The van der Waals surface area contributed by atoms with Crippen LogP contribution in [0.3, 0.4) is 0 Å². The molecule has 134 valence electrons. The molecule has 3 aromatic rings. The van der Waals surface area contributed by atoms with Crippen molar-refractivity contribution in [2.75, 3.05) is 12.8 Å². The summed E-state index contributed by atoms with van der Waals surface area (Å²) in [6, 6.07) is 14.6. The standard InChI is InChI=1S/C20H20FN3OS/c1-15-6-5-8-17(12-15)24-11-10-22-20(24)26-14-19(25)23(2)13-16-7-3-4-9-18(16)21/h3-12H,13-14H2,1-2H3. The van der Waals surface area contributed by atoms with Crippen LogP contribution in [-0.2, 0) is 11.3 Å². The van der Waals surface area contributed by atoms with Crippen LogP contribution in [0.25, 0.3) is 5.69 Å². The van der Waals surface area contributed by atoms with Crippen LogP contribution in [0.15, 0.2) is 66.1 Å². The molecule has 0 saturated heterocycles. The van der Waals surface area contributed by atoms with Crippen molar-refractivity contribution < 1.29 is 9.18 Å². The molecular weight excluding hydrogens is 349 g/mol. The van der Waals surface area contributed by atoms with Gasteiger partial charge in [0.2, 0.25) is 5.91 Å². The topological polar surface area (TPSA) is 38.1 Å². The van der Waals surface area contributed by atoms with Crippen LogP contribution < -0.4 is 0 Å². The summed E-state index contributed by atoms with van der Waals surface area (Å²) < 4.78 is 15.7. The lowest BCUT2D eigenvalue weighted by Gasteiger charge is -2.17. The Labute approximate surface area is 156 Å². The average molecular weight is 369 g/mol. The van der Waals surface area contributed by atoms with E-state index in [0.717, 1.165) is 16.4 Å². The van der Waals surface area contributed by atoms with Crippen LogP contribution in [-0.4, -0.2) is 33.2 Å². The number of benzene rings is 2. The number of rotatable bonds is 6. The molecule has 6 heteroatoms. The van der Waals surface area contributed by atoms with Crippen LogP contribution in [0.1, 0.15) is 11.1 Å². The van der Waals surface area contributed by atoms with Gasteiger partial charge in [0.25, 0.3) is 0 Å². The summed E-state index contributed by atoms with van der Waals surface area (Å²) in [5.41, 5.74) is 2.68. The molecule has 0 saturated carbocycles. The summed E-state index contributed by atoms with van der Waals surface area (Å²) in [5, 5.41) is 0.753. The molecule has 0 aliphatic heterocycles. The number of aryl methyl sites for hydroxylation is 1. The quantitative estimate of drug-likeness (QED) is 0.615. The fourth-order valence-corrected chi connectivity index (χ4v) is 3.49. The molecule has 0 aliphatic carbocycles. The first kappa shape index (κ1) is 18.2. The summed E-state index contributed by atoms with van der Waals surface area (Å²) in [6.07, 6.45) is 3.60. The van der Waals surface area contributed by atoms with E-state index >= 15 is 0 Å². The highest BCUT2D eigenvalue weighted by Crippen LogP contribution is 2.21. The lowest BCUT2D eigenvalue weighted by atomic mass is 10.2. The van der Waals surface area contributed by atoms with Gasteiger partial charge in [-0.2, -0.15) is 0 Å². The van der Waals surface area contributed by atoms with Crippen molar-refractivity contribution in [3.05, 3.63) is 77.9 Å². The summed E-state index contributed by atoms with van der Waals surface area (Å²) in [5.74, 6) is -0.125. The van der Waals surface area contributed by atoms with Gasteiger partial charge in [0, 0.05) is 37.2 Å². The minimum Gasteiger partial charge on any atom is -0.341 e. The molecule has 4 nitrogen and oxygen atoms in total. The number of hydrogen-bond acceptors (Lipinski definition) is 3. The van der Waals surface area contributed by atoms with Gasteiger partial charge in [-0.05, 0) is 30.7 Å². The molecule has 0 fully saturated rings. The summed E-state index contributed by atoms with van der Waals surface area (Å²) in [7, 11) is 1.68. The first-order chi connectivity index (χ1) is 12.5. The molecule has 0 aliphatic rings. The number of carbonyl (C=O) groups excluding carboxylic acids is 1. The van der Waals surface area contributed by atoms with Crippen LogP contribution in [0.5, 0.6) is 0 Å². The van der Waals surface area contributed by atoms with Crippen LogP contribution in [0.4, 0.5) is 4.39 Å². The molecule has 0 radical (unpaired) electrons. The molecule has 0 atom stereocenters. The largest absolute Gasteiger partial charge is 0.341 e. The zero-order valence-corrected chi connectivity index (χ0v) is 15.5. The highest BCUT2D eigenvalue weighted by atomic mass is 32.2. The van der Waals surface area contributed by atoms with Crippen molar-refractivity contribution in [1.82, 2.24) is 14.5 Å². The fourth-order valence-electron chi connectivity index (χ4n) is 2.58. The molecule has 2 aromatic carbocycles. The summed E-state index contributed by atoms with van der Waals surface area (Å²) in [6.45, 7) is 2.28. The third-order valence-electron chi connectivity index (χ3n) is 4.00. The van der Waals surface area contributed by atoms with Gasteiger partial charge in [-0.15, -0.1) is 0 Å². The number of imidazole rings is 1. The Balaban J connectivity index is 1.63. The van der Waals surface area contributed by atoms with E-state index in [0.29, 0.717) is 5.56 Å². The number of carbonyl (C=O) groups is 1. The fraction of sp³-hybridized carbons (Fsp3) is 0.200. The Morgan fingerprint density at radius 1 is 1.23 bits per heavy atom. The molecule has 0 N–H and O–H groups in total. The summed E-state index contributed by atoms with van der Waals surface area (Å²) in [4.78, 5) is 18.3. The van der Waals surface area contributed by atoms with E-state index in [2.05, 4.69) is 11.1 Å². The zero-order chi connectivity index (χ0) is 18.5. The second-order valence-corrected chi connectivity index (χ2v) is 6.99. The third kappa shape index (κ3) is 4.32. The number of amides is 1. The second-order valence-electron chi connectivity index (χ2n) is 6.05. The Kier molecular flexibility index (Phi) is 5.73. The molecular formula is C20H20FN3OS. The van der Waals surface area contributed by atoms with E-state index in [1.165, 1.54) is 22.7 Å². The molecule has 26 heavy (non-hydrogen) atoms. The Hall–Kier alpha value is -2.60. The molecule has 0 spiro atoms. The van der Waals surface area contributed by atoms with E-state index in [1.807, 2.05) is 35.9 Å². The van der Waals surface area contributed by atoms with Crippen molar-refractivity contribution in [3.63, 3.8) is 0 Å². The molecule has 1 heterocycles.